The Morgan fingerprint density at radius 2 is 1.79 bits per heavy atom. The minimum atomic E-state index is 0.550. The molecule has 0 radical (unpaired) electrons. The fourth-order valence-electron chi connectivity index (χ4n) is 1.46. The standard InChI is InChI=1S/C14H22ClNO3/c1-12-11-13(3-4-14(12)15)19-7-2-6-17-9-10-18-8-5-16/h3-4,11H,2,5-10,16H2,1H3. The van der Waals surface area contributed by atoms with Crippen LogP contribution in [0.5, 0.6) is 5.75 Å². The average Bonchev–Trinajstić information content (AvgIpc) is 2.41. The van der Waals surface area contributed by atoms with Gasteiger partial charge in [-0.15, -0.1) is 0 Å². The third kappa shape index (κ3) is 7.38. The zero-order valence-electron chi connectivity index (χ0n) is 11.4. The van der Waals surface area contributed by atoms with E-state index in [1.807, 2.05) is 25.1 Å². The maximum Gasteiger partial charge on any atom is 0.119 e. The van der Waals surface area contributed by atoms with Crippen LogP contribution in [0.4, 0.5) is 0 Å². The molecule has 5 heteroatoms. The quantitative estimate of drug-likeness (QED) is 0.672. The molecule has 1 rings (SSSR count). The van der Waals surface area contributed by atoms with Crippen molar-refractivity contribution in [1.82, 2.24) is 0 Å². The summed E-state index contributed by atoms with van der Waals surface area (Å²) in [6.07, 6.45) is 0.846. The molecule has 2 N–H and O–H groups in total. The van der Waals surface area contributed by atoms with E-state index in [0.29, 0.717) is 39.6 Å². The molecule has 0 atom stereocenters. The lowest BCUT2D eigenvalue weighted by Gasteiger charge is -2.08. The molecular formula is C14H22ClNO3. The van der Waals surface area contributed by atoms with Crippen molar-refractivity contribution in [2.45, 2.75) is 13.3 Å². The first-order valence-electron chi connectivity index (χ1n) is 6.48. The maximum atomic E-state index is 5.94. The summed E-state index contributed by atoms with van der Waals surface area (Å²) in [5.74, 6) is 0.841. The van der Waals surface area contributed by atoms with Crippen LogP contribution in [0, 0.1) is 6.92 Å². The predicted molar refractivity (Wildman–Crippen MR) is 77.0 cm³/mol. The summed E-state index contributed by atoms with van der Waals surface area (Å²) in [6.45, 7) is 5.58. The first-order chi connectivity index (χ1) is 9.24. The van der Waals surface area contributed by atoms with Gasteiger partial charge in [-0.3, -0.25) is 0 Å². The SMILES string of the molecule is Cc1cc(OCCCOCCOCCN)ccc1Cl. The van der Waals surface area contributed by atoms with Gasteiger partial charge in [0, 0.05) is 24.6 Å². The van der Waals surface area contributed by atoms with Gasteiger partial charge in [0.15, 0.2) is 0 Å². The highest BCUT2D eigenvalue weighted by Gasteiger charge is 1.98. The van der Waals surface area contributed by atoms with Crippen molar-refractivity contribution in [2.24, 2.45) is 5.73 Å². The Hall–Kier alpha value is -0.810. The van der Waals surface area contributed by atoms with Crippen LogP contribution in [-0.4, -0.2) is 39.6 Å². The van der Waals surface area contributed by atoms with Crippen LogP contribution >= 0.6 is 11.6 Å². The van der Waals surface area contributed by atoms with Crippen LogP contribution in [0.15, 0.2) is 18.2 Å². The fourth-order valence-corrected chi connectivity index (χ4v) is 1.58. The topological polar surface area (TPSA) is 53.7 Å². The summed E-state index contributed by atoms with van der Waals surface area (Å²) in [4.78, 5) is 0. The molecule has 0 fully saturated rings. The van der Waals surface area contributed by atoms with E-state index in [2.05, 4.69) is 0 Å². The molecule has 0 saturated heterocycles. The summed E-state index contributed by atoms with van der Waals surface area (Å²) in [6, 6.07) is 5.65. The molecule has 4 nitrogen and oxygen atoms in total. The third-order valence-corrected chi connectivity index (χ3v) is 2.89. The van der Waals surface area contributed by atoms with Gasteiger partial charge >= 0.3 is 0 Å². The van der Waals surface area contributed by atoms with Crippen LogP contribution in [-0.2, 0) is 9.47 Å². The van der Waals surface area contributed by atoms with Gasteiger partial charge in [0.2, 0.25) is 0 Å². The van der Waals surface area contributed by atoms with Crippen LogP contribution in [0.25, 0.3) is 0 Å². The zero-order valence-corrected chi connectivity index (χ0v) is 12.1. The van der Waals surface area contributed by atoms with Gasteiger partial charge in [-0.05, 0) is 30.7 Å². The average molecular weight is 288 g/mol. The van der Waals surface area contributed by atoms with E-state index < -0.39 is 0 Å². The van der Waals surface area contributed by atoms with E-state index in [0.717, 1.165) is 22.8 Å². The van der Waals surface area contributed by atoms with Gasteiger partial charge in [-0.2, -0.15) is 0 Å². The minimum Gasteiger partial charge on any atom is -0.493 e. The Kier molecular flexibility index (Phi) is 8.58. The Labute approximate surface area is 119 Å². The summed E-state index contributed by atoms with van der Waals surface area (Å²) in [5, 5.41) is 0.758. The highest BCUT2D eigenvalue weighted by Crippen LogP contribution is 2.20. The van der Waals surface area contributed by atoms with E-state index in [-0.39, 0.29) is 0 Å². The van der Waals surface area contributed by atoms with E-state index in [1.165, 1.54) is 0 Å². The van der Waals surface area contributed by atoms with Gasteiger partial charge < -0.3 is 19.9 Å². The molecule has 0 aromatic heterocycles. The smallest absolute Gasteiger partial charge is 0.119 e. The van der Waals surface area contributed by atoms with Gasteiger partial charge in [0.25, 0.3) is 0 Å². The third-order valence-electron chi connectivity index (χ3n) is 2.47. The number of hydrogen-bond acceptors (Lipinski definition) is 4. The second-order valence-corrected chi connectivity index (χ2v) is 4.53. The van der Waals surface area contributed by atoms with E-state index in [4.69, 9.17) is 31.5 Å². The molecule has 108 valence electrons. The van der Waals surface area contributed by atoms with Gasteiger partial charge in [0.1, 0.15) is 5.75 Å². The van der Waals surface area contributed by atoms with Gasteiger partial charge in [-0.1, -0.05) is 11.6 Å². The molecule has 1 aromatic carbocycles. The molecular weight excluding hydrogens is 266 g/mol. The Morgan fingerprint density at radius 3 is 2.47 bits per heavy atom. The highest BCUT2D eigenvalue weighted by molar-refractivity contribution is 6.31. The Bertz CT molecular complexity index is 361. The minimum absolute atomic E-state index is 0.550. The number of rotatable bonds is 10. The second-order valence-electron chi connectivity index (χ2n) is 4.13. The number of aryl methyl sites for hydroxylation is 1. The monoisotopic (exact) mass is 287 g/mol. The molecule has 0 bridgehead atoms. The number of nitrogens with two attached hydrogens (primary N) is 1. The summed E-state index contributed by atoms with van der Waals surface area (Å²) in [5.41, 5.74) is 6.31. The van der Waals surface area contributed by atoms with E-state index in [9.17, 15) is 0 Å². The molecule has 0 aliphatic rings. The van der Waals surface area contributed by atoms with Crippen molar-refractivity contribution in [3.63, 3.8) is 0 Å². The Balaban J connectivity index is 2.00. The van der Waals surface area contributed by atoms with Crippen molar-refractivity contribution in [1.29, 1.82) is 0 Å². The first kappa shape index (κ1) is 16.2. The fraction of sp³-hybridized carbons (Fsp3) is 0.571. The van der Waals surface area contributed by atoms with E-state index >= 15 is 0 Å². The van der Waals surface area contributed by atoms with Crippen molar-refractivity contribution in [3.05, 3.63) is 28.8 Å². The zero-order chi connectivity index (χ0) is 13.9. The molecule has 0 aliphatic heterocycles. The van der Waals surface area contributed by atoms with Crippen LogP contribution < -0.4 is 10.5 Å². The molecule has 0 unspecified atom stereocenters. The summed E-state index contributed by atoms with van der Waals surface area (Å²) in [7, 11) is 0. The number of halogens is 1. The Morgan fingerprint density at radius 1 is 1.05 bits per heavy atom. The molecule has 1 aromatic rings. The molecule has 0 saturated carbocycles. The molecule has 0 heterocycles. The molecule has 0 amide bonds. The van der Waals surface area contributed by atoms with Crippen molar-refractivity contribution >= 4 is 11.6 Å². The second kappa shape index (κ2) is 10.0. The number of ether oxygens (including phenoxy) is 3. The number of hydrogen-bond donors (Lipinski definition) is 1. The highest BCUT2D eigenvalue weighted by atomic mass is 35.5. The predicted octanol–water partition coefficient (Wildman–Crippen LogP) is 2.41. The molecule has 0 spiro atoms. The molecule has 19 heavy (non-hydrogen) atoms. The van der Waals surface area contributed by atoms with Crippen molar-refractivity contribution < 1.29 is 14.2 Å². The van der Waals surface area contributed by atoms with E-state index in [1.54, 1.807) is 0 Å². The van der Waals surface area contributed by atoms with Gasteiger partial charge in [-0.25, -0.2) is 0 Å². The lowest BCUT2D eigenvalue weighted by atomic mass is 10.2. The van der Waals surface area contributed by atoms with Crippen molar-refractivity contribution in [3.8, 4) is 5.75 Å². The number of benzene rings is 1. The van der Waals surface area contributed by atoms with Gasteiger partial charge in [0.05, 0.1) is 26.4 Å². The van der Waals surface area contributed by atoms with Crippen molar-refractivity contribution in [2.75, 3.05) is 39.6 Å². The largest absolute Gasteiger partial charge is 0.493 e. The normalized spacial score (nSPS) is 10.7. The lowest BCUT2D eigenvalue weighted by molar-refractivity contribution is 0.0463. The lowest BCUT2D eigenvalue weighted by Crippen LogP contribution is -2.12. The van der Waals surface area contributed by atoms with Crippen LogP contribution in [0.3, 0.4) is 0 Å². The first-order valence-corrected chi connectivity index (χ1v) is 6.86. The summed E-state index contributed by atoms with van der Waals surface area (Å²) < 4.78 is 16.2. The maximum absolute atomic E-state index is 5.94. The molecule has 0 aliphatic carbocycles. The van der Waals surface area contributed by atoms with Crippen LogP contribution in [0.1, 0.15) is 12.0 Å². The summed E-state index contributed by atoms with van der Waals surface area (Å²) >= 11 is 5.94. The van der Waals surface area contributed by atoms with Crippen LogP contribution in [0.2, 0.25) is 5.02 Å².